The number of hydrogen-bond acceptors (Lipinski definition) is 1. The van der Waals surface area contributed by atoms with Gasteiger partial charge in [-0.1, -0.05) is 0 Å². The molecule has 0 saturated carbocycles. The molecule has 3 nitrogen and oxygen atoms in total. The van der Waals surface area contributed by atoms with Crippen molar-refractivity contribution in [3.8, 4) is 0 Å². The first-order valence-electron chi connectivity index (χ1n) is 3.99. The first-order valence-corrected chi connectivity index (χ1v) is 3.99. The quantitative estimate of drug-likeness (QED) is 0.519. The largest absolute Gasteiger partial charge is 0.388 e. The first kappa shape index (κ1) is 8.84. The summed E-state index contributed by atoms with van der Waals surface area (Å²) in [6.45, 7) is 4.55. The molecule has 0 radical (unpaired) electrons. The van der Waals surface area contributed by atoms with Crippen molar-refractivity contribution in [2.75, 3.05) is 0 Å². The van der Waals surface area contributed by atoms with E-state index in [9.17, 15) is 0 Å². The highest BCUT2D eigenvalue weighted by atomic mass is 15.0. The number of aryl methyl sites for hydroxylation is 1. The van der Waals surface area contributed by atoms with Crippen molar-refractivity contribution in [3.63, 3.8) is 0 Å². The first-order chi connectivity index (χ1) is 5.61. The summed E-state index contributed by atoms with van der Waals surface area (Å²) < 4.78 is 2.12. The molecule has 1 aromatic heterocycles. The number of rotatable bonds is 2. The average Bonchev–Trinajstić information content (AvgIpc) is 2.30. The predicted molar refractivity (Wildman–Crippen MR) is 51.2 cm³/mol. The highest BCUT2D eigenvalue weighted by Crippen LogP contribution is 2.06. The molecule has 0 aromatic carbocycles. The lowest BCUT2D eigenvalue weighted by atomic mass is 10.4. The van der Waals surface area contributed by atoms with Crippen LogP contribution in [0.5, 0.6) is 0 Å². The van der Waals surface area contributed by atoms with Crippen LogP contribution in [-0.4, -0.2) is 10.4 Å². The standard InChI is InChI=1S/C9H15N3/c1-7-4-5-9(12(7)3)6-11-8(2)10/h4-5H,6H2,1-3H3,(H2,10,11). The molecule has 0 fully saturated rings. The highest BCUT2D eigenvalue weighted by molar-refractivity contribution is 5.77. The fraction of sp³-hybridized carbons (Fsp3) is 0.444. The van der Waals surface area contributed by atoms with Crippen LogP contribution in [0.3, 0.4) is 0 Å². The lowest BCUT2D eigenvalue weighted by Crippen LogP contribution is -2.06. The minimum Gasteiger partial charge on any atom is -0.388 e. The second-order valence-electron chi connectivity index (χ2n) is 2.98. The van der Waals surface area contributed by atoms with E-state index >= 15 is 0 Å². The van der Waals surface area contributed by atoms with E-state index < -0.39 is 0 Å². The zero-order valence-electron chi connectivity index (χ0n) is 7.83. The van der Waals surface area contributed by atoms with E-state index in [1.807, 2.05) is 7.05 Å². The van der Waals surface area contributed by atoms with Crippen LogP contribution in [0.25, 0.3) is 0 Å². The van der Waals surface area contributed by atoms with Gasteiger partial charge in [-0.15, -0.1) is 0 Å². The van der Waals surface area contributed by atoms with E-state index in [1.54, 1.807) is 6.92 Å². The molecule has 1 aromatic rings. The highest BCUT2D eigenvalue weighted by Gasteiger charge is 1.98. The van der Waals surface area contributed by atoms with Gasteiger partial charge in [-0.25, -0.2) is 0 Å². The summed E-state index contributed by atoms with van der Waals surface area (Å²) in [7, 11) is 2.03. The van der Waals surface area contributed by atoms with Crippen LogP contribution in [0.2, 0.25) is 0 Å². The van der Waals surface area contributed by atoms with E-state index in [0.717, 1.165) is 0 Å². The topological polar surface area (TPSA) is 43.3 Å². The summed E-state index contributed by atoms with van der Waals surface area (Å²) in [5, 5.41) is 0. The van der Waals surface area contributed by atoms with E-state index in [-0.39, 0.29) is 0 Å². The Morgan fingerprint density at radius 3 is 2.67 bits per heavy atom. The summed E-state index contributed by atoms with van der Waals surface area (Å²) in [6, 6.07) is 4.15. The molecule has 0 spiro atoms. The number of amidine groups is 1. The second-order valence-corrected chi connectivity index (χ2v) is 2.98. The molecule has 0 unspecified atom stereocenters. The van der Waals surface area contributed by atoms with Crippen LogP contribution < -0.4 is 5.73 Å². The van der Waals surface area contributed by atoms with E-state index in [1.165, 1.54) is 11.4 Å². The SMILES string of the molecule is CC(N)=NCc1ccc(C)n1C. The van der Waals surface area contributed by atoms with Crippen LogP contribution in [-0.2, 0) is 13.6 Å². The van der Waals surface area contributed by atoms with Gasteiger partial charge in [-0.3, -0.25) is 4.99 Å². The van der Waals surface area contributed by atoms with Gasteiger partial charge in [0.05, 0.1) is 12.4 Å². The molecule has 2 N–H and O–H groups in total. The minimum absolute atomic E-state index is 0.633. The summed E-state index contributed by atoms with van der Waals surface area (Å²) in [6.07, 6.45) is 0. The molecule has 0 bridgehead atoms. The van der Waals surface area contributed by atoms with Gasteiger partial charge in [0.25, 0.3) is 0 Å². The third-order valence-electron chi connectivity index (χ3n) is 1.97. The lowest BCUT2D eigenvalue weighted by Gasteiger charge is -2.01. The van der Waals surface area contributed by atoms with Gasteiger partial charge in [0, 0.05) is 18.4 Å². The Balaban J connectivity index is 2.77. The Bertz CT molecular complexity index is 293. The van der Waals surface area contributed by atoms with Crippen molar-refractivity contribution in [3.05, 3.63) is 23.5 Å². The molecule has 0 atom stereocenters. The van der Waals surface area contributed by atoms with E-state index in [4.69, 9.17) is 5.73 Å². The maximum absolute atomic E-state index is 5.44. The fourth-order valence-electron chi connectivity index (χ4n) is 1.03. The van der Waals surface area contributed by atoms with Gasteiger partial charge in [-0.2, -0.15) is 0 Å². The molecule has 1 heterocycles. The fourth-order valence-corrected chi connectivity index (χ4v) is 1.03. The molecule has 0 aliphatic carbocycles. The van der Waals surface area contributed by atoms with Crippen LogP contribution in [0.1, 0.15) is 18.3 Å². The predicted octanol–water partition coefficient (Wildman–Crippen LogP) is 1.21. The maximum atomic E-state index is 5.44. The normalized spacial score (nSPS) is 12.1. The number of aliphatic imine (C=N–C) groups is 1. The van der Waals surface area contributed by atoms with Crippen molar-refractivity contribution in [2.45, 2.75) is 20.4 Å². The zero-order chi connectivity index (χ0) is 9.14. The Hall–Kier alpha value is -1.25. The minimum atomic E-state index is 0.633. The zero-order valence-corrected chi connectivity index (χ0v) is 7.83. The molecule has 0 amide bonds. The van der Waals surface area contributed by atoms with Crippen molar-refractivity contribution >= 4 is 5.84 Å². The van der Waals surface area contributed by atoms with Gasteiger partial charge in [0.2, 0.25) is 0 Å². The number of aromatic nitrogens is 1. The number of nitrogens with zero attached hydrogens (tertiary/aromatic N) is 2. The summed E-state index contributed by atoms with van der Waals surface area (Å²) in [5.41, 5.74) is 7.88. The molecule has 1 rings (SSSR count). The Morgan fingerprint density at radius 2 is 2.25 bits per heavy atom. The summed E-state index contributed by atoms with van der Waals surface area (Å²) in [5.74, 6) is 0.633. The Kier molecular flexibility index (Phi) is 2.53. The Labute approximate surface area is 72.9 Å². The molecular weight excluding hydrogens is 150 g/mol. The van der Waals surface area contributed by atoms with Crippen LogP contribution in [0, 0.1) is 6.92 Å². The van der Waals surface area contributed by atoms with Crippen molar-refractivity contribution < 1.29 is 0 Å². The molecule has 66 valence electrons. The number of nitrogens with two attached hydrogens (primary N) is 1. The van der Waals surface area contributed by atoms with Crippen molar-refractivity contribution in [1.29, 1.82) is 0 Å². The third-order valence-corrected chi connectivity index (χ3v) is 1.97. The van der Waals surface area contributed by atoms with Gasteiger partial charge in [0.15, 0.2) is 0 Å². The second kappa shape index (κ2) is 3.43. The van der Waals surface area contributed by atoms with Crippen LogP contribution in [0.4, 0.5) is 0 Å². The van der Waals surface area contributed by atoms with Crippen molar-refractivity contribution in [1.82, 2.24) is 4.57 Å². The maximum Gasteiger partial charge on any atom is 0.0910 e. The smallest absolute Gasteiger partial charge is 0.0910 e. The molecule has 3 heteroatoms. The summed E-state index contributed by atoms with van der Waals surface area (Å²) in [4.78, 5) is 4.14. The lowest BCUT2D eigenvalue weighted by molar-refractivity contribution is 0.797. The summed E-state index contributed by atoms with van der Waals surface area (Å²) >= 11 is 0. The number of hydrogen-bond donors (Lipinski definition) is 1. The molecule has 0 aliphatic heterocycles. The van der Waals surface area contributed by atoms with Gasteiger partial charge < -0.3 is 10.3 Å². The monoisotopic (exact) mass is 165 g/mol. The van der Waals surface area contributed by atoms with Crippen molar-refractivity contribution in [2.24, 2.45) is 17.8 Å². The average molecular weight is 165 g/mol. The van der Waals surface area contributed by atoms with Crippen LogP contribution >= 0.6 is 0 Å². The van der Waals surface area contributed by atoms with Gasteiger partial charge in [-0.05, 0) is 26.0 Å². The molecule has 0 aliphatic rings. The van der Waals surface area contributed by atoms with Gasteiger partial charge in [0.1, 0.15) is 0 Å². The van der Waals surface area contributed by atoms with E-state index in [2.05, 4.69) is 28.6 Å². The molecular formula is C9H15N3. The van der Waals surface area contributed by atoms with Gasteiger partial charge >= 0.3 is 0 Å². The third kappa shape index (κ3) is 1.87. The Morgan fingerprint density at radius 1 is 1.58 bits per heavy atom. The molecule has 0 saturated heterocycles. The van der Waals surface area contributed by atoms with E-state index in [0.29, 0.717) is 12.4 Å². The molecule has 12 heavy (non-hydrogen) atoms. The van der Waals surface area contributed by atoms with Crippen LogP contribution in [0.15, 0.2) is 17.1 Å².